The van der Waals surface area contributed by atoms with Gasteiger partial charge >= 0.3 is 0 Å². The Balaban J connectivity index is 1.91. The number of benzene rings is 1. The molecule has 122 valence electrons. The minimum absolute atomic E-state index is 0.206. The molecule has 23 heavy (non-hydrogen) atoms. The van der Waals surface area contributed by atoms with E-state index in [4.69, 9.17) is 4.74 Å². The van der Waals surface area contributed by atoms with Gasteiger partial charge in [-0.2, -0.15) is 0 Å². The van der Waals surface area contributed by atoms with Gasteiger partial charge in [-0.15, -0.1) is 0 Å². The van der Waals surface area contributed by atoms with Crippen molar-refractivity contribution in [2.45, 2.75) is 19.9 Å². The van der Waals surface area contributed by atoms with Crippen molar-refractivity contribution in [3.05, 3.63) is 53.3 Å². The number of ether oxygens (including phenoxy) is 1. The Morgan fingerprint density at radius 2 is 2.09 bits per heavy atom. The smallest absolute Gasteiger partial charge is 0.270 e. The molecule has 1 amide bonds. The fraction of sp³-hybridized carbons (Fsp3) is 0.353. The summed E-state index contributed by atoms with van der Waals surface area (Å²) in [5.74, 6) is 0.236. The van der Waals surface area contributed by atoms with Crippen molar-refractivity contribution in [1.29, 1.82) is 0 Å². The maximum atomic E-state index is 12.0. The number of methoxy groups -OCH3 is 1. The van der Waals surface area contributed by atoms with Crippen molar-refractivity contribution in [2.24, 2.45) is 0 Å². The summed E-state index contributed by atoms with van der Waals surface area (Å²) >= 11 is 0. The number of nitrogens with zero attached hydrogens (tertiary/aromatic N) is 2. The van der Waals surface area contributed by atoms with Crippen LogP contribution in [-0.4, -0.2) is 36.1 Å². The monoisotopic (exact) mass is 314 g/mol. The van der Waals surface area contributed by atoms with Gasteiger partial charge < -0.3 is 15.4 Å². The fourth-order valence-electron chi connectivity index (χ4n) is 2.06. The summed E-state index contributed by atoms with van der Waals surface area (Å²) in [5.41, 5.74) is 2.72. The molecule has 2 N–H and O–H groups in total. The van der Waals surface area contributed by atoms with Gasteiger partial charge in [0.2, 0.25) is 5.95 Å². The minimum atomic E-state index is -0.206. The lowest BCUT2D eigenvalue weighted by Crippen LogP contribution is -2.26. The standard InChI is InChI=1S/C17H22N4O2/c1-13-6-3-4-7-14(13)12-20-17-19-10-8-15(21-17)16(22)18-9-5-11-23-2/h3-4,6-8,10H,5,9,11-12H2,1-2H3,(H,18,22)(H,19,20,21). The first-order valence-electron chi connectivity index (χ1n) is 7.59. The van der Waals surface area contributed by atoms with E-state index in [1.54, 1.807) is 19.4 Å². The number of aromatic nitrogens is 2. The molecule has 0 radical (unpaired) electrons. The third kappa shape index (κ3) is 5.34. The van der Waals surface area contributed by atoms with Crippen LogP contribution < -0.4 is 10.6 Å². The van der Waals surface area contributed by atoms with E-state index >= 15 is 0 Å². The van der Waals surface area contributed by atoms with Crippen LogP contribution in [0.2, 0.25) is 0 Å². The van der Waals surface area contributed by atoms with Gasteiger partial charge in [-0.25, -0.2) is 9.97 Å². The number of amides is 1. The number of aryl methyl sites for hydroxylation is 1. The van der Waals surface area contributed by atoms with E-state index in [0.717, 1.165) is 6.42 Å². The van der Waals surface area contributed by atoms with E-state index in [1.807, 2.05) is 12.1 Å². The van der Waals surface area contributed by atoms with Crippen LogP contribution in [0.4, 0.5) is 5.95 Å². The highest BCUT2D eigenvalue weighted by molar-refractivity contribution is 5.92. The number of carbonyl (C=O) groups excluding carboxylic acids is 1. The summed E-state index contributed by atoms with van der Waals surface area (Å²) in [4.78, 5) is 20.4. The first kappa shape index (κ1) is 16.9. The lowest BCUT2D eigenvalue weighted by molar-refractivity contribution is 0.0943. The quantitative estimate of drug-likeness (QED) is 0.730. The fourth-order valence-corrected chi connectivity index (χ4v) is 2.06. The lowest BCUT2D eigenvalue weighted by atomic mass is 10.1. The Kier molecular flexibility index (Phi) is 6.50. The highest BCUT2D eigenvalue weighted by Crippen LogP contribution is 2.09. The number of hydrogen-bond donors (Lipinski definition) is 2. The highest BCUT2D eigenvalue weighted by Gasteiger charge is 2.08. The molecule has 0 fully saturated rings. The zero-order chi connectivity index (χ0) is 16.5. The molecule has 6 nitrogen and oxygen atoms in total. The molecule has 2 aromatic rings. The van der Waals surface area contributed by atoms with Crippen LogP contribution in [0.5, 0.6) is 0 Å². The van der Waals surface area contributed by atoms with Gasteiger partial charge in [-0.3, -0.25) is 4.79 Å². The van der Waals surface area contributed by atoms with E-state index in [2.05, 4.69) is 39.7 Å². The molecule has 1 heterocycles. The van der Waals surface area contributed by atoms with Crippen molar-refractivity contribution in [3.8, 4) is 0 Å². The second-order valence-electron chi connectivity index (χ2n) is 5.15. The largest absolute Gasteiger partial charge is 0.385 e. The molecule has 2 rings (SSSR count). The molecule has 0 atom stereocenters. The van der Waals surface area contributed by atoms with Gasteiger partial charge in [0.05, 0.1) is 0 Å². The van der Waals surface area contributed by atoms with E-state index in [9.17, 15) is 4.79 Å². The Morgan fingerprint density at radius 1 is 1.26 bits per heavy atom. The van der Waals surface area contributed by atoms with Crippen LogP contribution in [0.15, 0.2) is 36.5 Å². The third-order valence-electron chi connectivity index (χ3n) is 3.40. The second-order valence-corrected chi connectivity index (χ2v) is 5.15. The molecule has 0 bridgehead atoms. The number of anilines is 1. The van der Waals surface area contributed by atoms with E-state index in [0.29, 0.717) is 31.3 Å². The summed E-state index contributed by atoms with van der Waals surface area (Å²) in [7, 11) is 1.64. The molecule has 0 aliphatic heterocycles. The summed E-state index contributed by atoms with van der Waals surface area (Å²) in [6.07, 6.45) is 2.35. The maximum Gasteiger partial charge on any atom is 0.270 e. The van der Waals surface area contributed by atoms with Crippen molar-refractivity contribution in [3.63, 3.8) is 0 Å². The Hall–Kier alpha value is -2.47. The zero-order valence-corrected chi connectivity index (χ0v) is 13.5. The third-order valence-corrected chi connectivity index (χ3v) is 3.40. The van der Waals surface area contributed by atoms with Gasteiger partial charge in [0.15, 0.2) is 0 Å². The zero-order valence-electron chi connectivity index (χ0n) is 13.5. The SMILES string of the molecule is COCCCNC(=O)c1ccnc(NCc2ccccc2C)n1. The van der Waals surface area contributed by atoms with Gasteiger partial charge in [-0.05, 0) is 30.5 Å². The molecule has 1 aromatic heterocycles. The Morgan fingerprint density at radius 3 is 2.87 bits per heavy atom. The molecule has 0 spiro atoms. The van der Waals surface area contributed by atoms with Crippen molar-refractivity contribution in [2.75, 3.05) is 25.6 Å². The normalized spacial score (nSPS) is 10.3. The summed E-state index contributed by atoms with van der Waals surface area (Å²) in [6.45, 7) is 3.85. The van der Waals surface area contributed by atoms with Crippen LogP contribution in [0.1, 0.15) is 28.0 Å². The topological polar surface area (TPSA) is 76.1 Å². The number of nitrogens with one attached hydrogen (secondary N) is 2. The predicted molar refractivity (Wildman–Crippen MR) is 89.4 cm³/mol. The lowest BCUT2D eigenvalue weighted by Gasteiger charge is -2.09. The maximum absolute atomic E-state index is 12.0. The van der Waals surface area contributed by atoms with Crippen molar-refractivity contribution in [1.82, 2.24) is 15.3 Å². The molecule has 0 aliphatic carbocycles. The van der Waals surface area contributed by atoms with E-state index in [-0.39, 0.29) is 5.91 Å². The van der Waals surface area contributed by atoms with Gasteiger partial charge in [0.1, 0.15) is 5.69 Å². The number of carbonyl (C=O) groups is 1. The average Bonchev–Trinajstić information content (AvgIpc) is 2.58. The van der Waals surface area contributed by atoms with Crippen LogP contribution >= 0.6 is 0 Å². The van der Waals surface area contributed by atoms with Gasteiger partial charge in [0, 0.05) is 33.0 Å². The molecule has 0 saturated heterocycles. The first-order chi connectivity index (χ1) is 11.2. The first-order valence-corrected chi connectivity index (χ1v) is 7.59. The molecule has 0 aliphatic rings. The summed E-state index contributed by atoms with van der Waals surface area (Å²) in [6, 6.07) is 9.71. The molecular formula is C17H22N4O2. The Labute approximate surface area is 136 Å². The van der Waals surface area contributed by atoms with Gasteiger partial charge in [-0.1, -0.05) is 24.3 Å². The van der Waals surface area contributed by atoms with E-state index < -0.39 is 0 Å². The van der Waals surface area contributed by atoms with Crippen LogP contribution in [-0.2, 0) is 11.3 Å². The molecule has 1 aromatic carbocycles. The van der Waals surface area contributed by atoms with Crippen molar-refractivity contribution < 1.29 is 9.53 Å². The number of hydrogen-bond acceptors (Lipinski definition) is 5. The van der Waals surface area contributed by atoms with Crippen LogP contribution in [0, 0.1) is 6.92 Å². The Bertz CT molecular complexity index is 646. The highest BCUT2D eigenvalue weighted by atomic mass is 16.5. The van der Waals surface area contributed by atoms with Gasteiger partial charge in [0.25, 0.3) is 5.91 Å². The molecule has 6 heteroatoms. The minimum Gasteiger partial charge on any atom is -0.385 e. The van der Waals surface area contributed by atoms with Crippen LogP contribution in [0.3, 0.4) is 0 Å². The van der Waals surface area contributed by atoms with Crippen LogP contribution in [0.25, 0.3) is 0 Å². The molecule has 0 unspecified atom stereocenters. The average molecular weight is 314 g/mol. The summed E-state index contributed by atoms with van der Waals surface area (Å²) in [5, 5.41) is 5.96. The number of rotatable bonds is 8. The molecular weight excluding hydrogens is 292 g/mol. The summed E-state index contributed by atoms with van der Waals surface area (Å²) < 4.78 is 4.95. The second kappa shape index (κ2) is 8.85. The predicted octanol–water partition coefficient (Wildman–Crippen LogP) is 2.16. The molecule has 0 saturated carbocycles. The van der Waals surface area contributed by atoms with E-state index in [1.165, 1.54) is 11.1 Å². The van der Waals surface area contributed by atoms with Crippen molar-refractivity contribution >= 4 is 11.9 Å².